The van der Waals surface area contributed by atoms with E-state index in [2.05, 4.69) is 31.9 Å². The lowest BCUT2D eigenvalue weighted by Gasteiger charge is -2.06. The lowest BCUT2D eigenvalue weighted by atomic mass is 10.1. The molecule has 0 amide bonds. The summed E-state index contributed by atoms with van der Waals surface area (Å²) >= 11 is 6.59. The average Bonchev–Trinajstić information content (AvgIpc) is 2.08. The molecule has 0 spiro atoms. The summed E-state index contributed by atoms with van der Waals surface area (Å²) in [6, 6.07) is 5.23. The van der Waals surface area contributed by atoms with Crippen LogP contribution in [0.1, 0.15) is 11.7 Å². The van der Waals surface area contributed by atoms with E-state index in [9.17, 15) is 4.39 Å². The van der Waals surface area contributed by atoms with Gasteiger partial charge >= 0.3 is 0 Å². The van der Waals surface area contributed by atoms with E-state index < -0.39 is 6.17 Å². The van der Waals surface area contributed by atoms with Gasteiger partial charge in [0.25, 0.3) is 0 Å². The first-order chi connectivity index (χ1) is 5.65. The van der Waals surface area contributed by atoms with Crippen molar-refractivity contribution in [1.82, 2.24) is 0 Å². The molecular formula is C8H8Br2FN. The highest BCUT2D eigenvalue weighted by Crippen LogP contribution is 2.27. The van der Waals surface area contributed by atoms with Crippen LogP contribution < -0.4 is 5.73 Å². The van der Waals surface area contributed by atoms with E-state index in [4.69, 9.17) is 5.73 Å². The maximum absolute atomic E-state index is 13.0. The molecule has 1 atom stereocenters. The first kappa shape index (κ1) is 10.2. The van der Waals surface area contributed by atoms with Crippen LogP contribution in [-0.4, -0.2) is 6.54 Å². The molecule has 0 aliphatic carbocycles. The molecule has 0 aromatic heterocycles. The first-order valence-corrected chi connectivity index (χ1v) is 5.03. The SMILES string of the molecule is NCC(F)c1ccc(Br)c(Br)c1. The highest BCUT2D eigenvalue weighted by atomic mass is 79.9. The fraction of sp³-hybridized carbons (Fsp3) is 0.250. The Labute approximate surface area is 87.4 Å². The van der Waals surface area contributed by atoms with Crippen LogP contribution in [0.3, 0.4) is 0 Å². The molecule has 1 unspecified atom stereocenters. The summed E-state index contributed by atoms with van der Waals surface area (Å²) in [5.41, 5.74) is 5.79. The summed E-state index contributed by atoms with van der Waals surface area (Å²) in [6.45, 7) is 0.0219. The Bertz CT molecular complexity index is 278. The van der Waals surface area contributed by atoms with Gasteiger partial charge in [-0.2, -0.15) is 0 Å². The van der Waals surface area contributed by atoms with Gasteiger partial charge in [-0.25, -0.2) is 4.39 Å². The summed E-state index contributed by atoms with van der Waals surface area (Å²) in [7, 11) is 0. The largest absolute Gasteiger partial charge is 0.327 e. The van der Waals surface area contributed by atoms with Crippen molar-refractivity contribution in [3.63, 3.8) is 0 Å². The molecule has 0 saturated carbocycles. The zero-order valence-corrected chi connectivity index (χ0v) is 9.40. The Morgan fingerprint density at radius 2 is 2.00 bits per heavy atom. The highest BCUT2D eigenvalue weighted by molar-refractivity contribution is 9.13. The van der Waals surface area contributed by atoms with Gasteiger partial charge in [0.1, 0.15) is 6.17 Å². The number of benzene rings is 1. The molecule has 0 aliphatic rings. The van der Waals surface area contributed by atoms with Gasteiger partial charge in [0.05, 0.1) is 0 Å². The second-order valence-electron chi connectivity index (χ2n) is 2.38. The van der Waals surface area contributed by atoms with E-state index in [0.29, 0.717) is 5.56 Å². The third kappa shape index (κ3) is 2.28. The van der Waals surface area contributed by atoms with Crippen LogP contribution in [0.25, 0.3) is 0 Å². The number of hydrogen-bond acceptors (Lipinski definition) is 1. The van der Waals surface area contributed by atoms with Crippen molar-refractivity contribution in [3.05, 3.63) is 32.7 Å². The molecule has 2 N–H and O–H groups in total. The second kappa shape index (κ2) is 4.35. The number of hydrogen-bond donors (Lipinski definition) is 1. The minimum atomic E-state index is -1.07. The predicted molar refractivity (Wildman–Crippen MR) is 54.7 cm³/mol. The number of rotatable bonds is 2. The van der Waals surface area contributed by atoms with E-state index in [0.717, 1.165) is 8.95 Å². The molecule has 0 aliphatic heterocycles. The molecule has 1 nitrogen and oxygen atoms in total. The Morgan fingerprint density at radius 3 is 2.50 bits per heavy atom. The molecule has 12 heavy (non-hydrogen) atoms. The molecule has 1 aromatic carbocycles. The van der Waals surface area contributed by atoms with Crippen LogP contribution in [0, 0.1) is 0 Å². The Balaban J connectivity index is 2.96. The van der Waals surface area contributed by atoms with E-state index in [-0.39, 0.29) is 6.54 Å². The van der Waals surface area contributed by atoms with Gasteiger partial charge in [0.2, 0.25) is 0 Å². The van der Waals surface area contributed by atoms with Crippen LogP contribution in [0.2, 0.25) is 0 Å². The average molecular weight is 297 g/mol. The topological polar surface area (TPSA) is 26.0 Å². The minimum Gasteiger partial charge on any atom is -0.327 e. The fourth-order valence-corrected chi connectivity index (χ4v) is 1.49. The number of nitrogens with two attached hydrogens (primary N) is 1. The van der Waals surface area contributed by atoms with Gasteiger partial charge < -0.3 is 5.73 Å². The number of alkyl halides is 1. The van der Waals surface area contributed by atoms with Crippen molar-refractivity contribution >= 4 is 31.9 Å². The van der Waals surface area contributed by atoms with Crippen LogP contribution in [0.15, 0.2) is 27.1 Å². The van der Waals surface area contributed by atoms with Gasteiger partial charge in [-0.1, -0.05) is 6.07 Å². The van der Waals surface area contributed by atoms with Gasteiger partial charge in [-0.3, -0.25) is 0 Å². The van der Waals surface area contributed by atoms with Crippen molar-refractivity contribution in [2.45, 2.75) is 6.17 Å². The van der Waals surface area contributed by atoms with Crippen molar-refractivity contribution in [3.8, 4) is 0 Å². The third-order valence-corrected chi connectivity index (χ3v) is 3.39. The Hall–Kier alpha value is 0.0700. The lowest BCUT2D eigenvalue weighted by molar-refractivity contribution is 0.353. The molecule has 0 bridgehead atoms. The van der Waals surface area contributed by atoms with E-state index >= 15 is 0 Å². The monoisotopic (exact) mass is 295 g/mol. The molecule has 1 rings (SSSR count). The fourth-order valence-electron chi connectivity index (χ4n) is 0.843. The van der Waals surface area contributed by atoms with Gasteiger partial charge in [-0.05, 0) is 49.6 Å². The molecule has 1 aromatic rings. The molecular weight excluding hydrogens is 289 g/mol. The van der Waals surface area contributed by atoms with Crippen molar-refractivity contribution in [2.75, 3.05) is 6.54 Å². The van der Waals surface area contributed by atoms with E-state index in [1.54, 1.807) is 18.2 Å². The van der Waals surface area contributed by atoms with E-state index in [1.807, 2.05) is 0 Å². The van der Waals surface area contributed by atoms with Crippen LogP contribution in [0.4, 0.5) is 4.39 Å². The molecule has 0 saturated heterocycles. The standard InChI is InChI=1S/C8H8Br2FN/c9-6-2-1-5(3-7(6)10)8(11)4-12/h1-3,8H,4,12H2. The zero-order valence-electron chi connectivity index (χ0n) is 6.23. The normalized spacial score (nSPS) is 13.0. The van der Waals surface area contributed by atoms with Gasteiger partial charge in [0.15, 0.2) is 0 Å². The lowest BCUT2D eigenvalue weighted by Crippen LogP contribution is -2.07. The number of halogens is 3. The molecule has 0 heterocycles. The molecule has 66 valence electrons. The summed E-state index contributed by atoms with van der Waals surface area (Å²) in [5.74, 6) is 0. The Morgan fingerprint density at radius 1 is 1.33 bits per heavy atom. The van der Waals surface area contributed by atoms with Crippen molar-refractivity contribution in [2.24, 2.45) is 5.73 Å². The predicted octanol–water partition coefficient (Wildman–Crippen LogP) is 3.18. The van der Waals surface area contributed by atoms with Gasteiger partial charge in [-0.15, -0.1) is 0 Å². The quantitative estimate of drug-likeness (QED) is 0.891. The Kier molecular flexibility index (Phi) is 3.68. The minimum absolute atomic E-state index is 0.0219. The third-order valence-electron chi connectivity index (χ3n) is 1.51. The first-order valence-electron chi connectivity index (χ1n) is 3.44. The molecule has 4 heteroatoms. The highest BCUT2D eigenvalue weighted by Gasteiger charge is 2.08. The van der Waals surface area contributed by atoms with Crippen LogP contribution >= 0.6 is 31.9 Å². The summed E-state index contributed by atoms with van der Waals surface area (Å²) in [6.07, 6.45) is -1.07. The summed E-state index contributed by atoms with van der Waals surface area (Å²) < 4.78 is 14.8. The maximum Gasteiger partial charge on any atom is 0.137 e. The smallest absolute Gasteiger partial charge is 0.137 e. The maximum atomic E-state index is 13.0. The van der Waals surface area contributed by atoms with Crippen molar-refractivity contribution < 1.29 is 4.39 Å². The zero-order chi connectivity index (χ0) is 9.14. The van der Waals surface area contributed by atoms with Crippen LogP contribution in [0.5, 0.6) is 0 Å². The van der Waals surface area contributed by atoms with Crippen molar-refractivity contribution in [1.29, 1.82) is 0 Å². The summed E-state index contributed by atoms with van der Waals surface area (Å²) in [4.78, 5) is 0. The van der Waals surface area contributed by atoms with Gasteiger partial charge in [0, 0.05) is 15.5 Å². The summed E-state index contributed by atoms with van der Waals surface area (Å²) in [5, 5.41) is 0. The van der Waals surface area contributed by atoms with Crippen LogP contribution in [-0.2, 0) is 0 Å². The molecule has 0 fully saturated rings. The second-order valence-corrected chi connectivity index (χ2v) is 4.09. The molecule has 0 radical (unpaired) electrons. The van der Waals surface area contributed by atoms with E-state index in [1.165, 1.54) is 0 Å².